The van der Waals surface area contributed by atoms with Gasteiger partial charge in [0.2, 0.25) is 12.7 Å². The van der Waals surface area contributed by atoms with E-state index in [4.69, 9.17) is 15.3 Å². The number of carbonyl (C=O) groups is 1. The molecular weight excluding hydrogens is 232 g/mol. The van der Waals surface area contributed by atoms with Crippen molar-refractivity contribution in [2.75, 3.05) is 13.8 Å². The Hall–Kier alpha value is -1.75. The first-order valence-corrected chi connectivity index (χ1v) is 6.06. The fourth-order valence-corrected chi connectivity index (χ4v) is 1.88. The van der Waals surface area contributed by atoms with Crippen molar-refractivity contribution in [2.45, 2.75) is 25.7 Å². The first-order chi connectivity index (χ1) is 8.66. The number of ether oxygens (including phenoxy) is 2. The molecule has 0 saturated heterocycles. The van der Waals surface area contributed by atoms with Gasteiger partial charge in [0.15, 0.2) is 11.5 Å². The first-order valence-electron chi connectivity index (χ1n) is 6.06. The van der Waals surface area contributed by atoms with Crippen LogP contribution in [0.2, 0.25) is 0 Å². The molecule has 2 rings (SSSR count). The number of fused-ring (bicyclic) bond motifs is 1. The number of unbranched alkanes of at least 4 members (excludes halogenated alkanes) is 1. The van der Waals surface area contributed by atoms with Crippen LogP contribution in [0.4, 0.5) is 0 Å². The molecule has 1 aliphatic heterocycles. The smallest absolute Gasteiger partial charge is 0.236 e. The van der Waals surface area contributed by atoms with E-state index in [0.717, 1.165) is 35.8 Å². The SMILES string of the molecule is CN(N)C(=O)CCCCc1ccc2c(c1)OCO2. The van der Waals surface area contributed by atoms with Gasteiger partial charge in [-0.15, -0.1) is 0 Å². The van der Waals surface area contributed by atoms with E-state index in [-0.39, 0.29) is 5.91 Å². The van der Waals surface area contributed by atoms with Gasteiger partial charge in [-0.05, 0) is 37.0 Å². The summed E-state index contributed by atoms with van der Waals surface area (Å²) in [5.74, 6) is 6.93. The Morgan fingerprint density at radius 1 is 1.33 bits per heavy atom. The molecule has 0 unspecified atom stereocenters. The zero-order valence-electron chi connectivity index (χ0n) is 10.5. The number of aryl methyl sites for hydroxylation is 1. The largest absolute Gasteiger partial charge is 0.454 e. The highest BCUT2D eigenvalue weighted by Crippen LogP contribution is 2.32. The van der Waals surface area contributed by atoms with Crippen molar-refractivity contribution in [1.29, 1.82) is 0 Å². The Kier molecular flexibility index (Phi) is 4.04. The number of rotatable bonds is 5. The van der Waals surface area contributed by atoms with Gasteiger partial charge >= 0.3 is 0 Å². The molecule has 0 radical (unpaired) electrons. The molecule has 1 heterocycles. The van der Waals surface area contributed by atoms with E-state index in [2.05, 4.69) is 0 Å². The van der Waals surface area contributed by atoms with Crippen molar-refractivity contribution in [3.8, 4) is 11.5 Å². The summed E-state index contributed by atoms with van der Waals surface area (Å²) < 4.78 is 10.6. The monoisotopic (exact) mass is 250 g/mol. The van der Waals surface area contributed by atoms with Crippen LogP contribution in [0.1, 0.15) is 24.8 Å². The molecule has 98 valence electrons. The van der Waals surface area contributed by atoms with Gasteiger partial charge in [-0.3, -0.25) is 9.80 Å². The van der Waals surface area contributed by atoms with Crippen LogP contribution in [0.5, 0.6) is 11.5 Å². The van der Waals surface area contributed by atoms with Crippen molar-refractivity contribution >= 4 is 5.91 Å². The second-order valence-electron chi connectivity index (χ2n) is 4.40. The number of hydrogen-bond acceptors (Lipinski definition) is 4. The van der Waals surface area contributed by atoms with Gasteiger partial charge in [0.05, 0.1) is 0 Å². The molecule has 0 fully saturated rings. The summed E-state index contributed by atoms with van der Waals surface area (Å²) in [7, 11) is 1.57. The zero-order valence-corrected chi connectivity index (χ0v) is 10.5. The molecule has 2 N–H and O–H groups in total. The molecule has 1 aromatic rings. The Balaban J connectivity index is 1.75. The van der Waals surface area contributed by atoms with Crippen LogP contribution in [0, 0.1) is 0 Å². The van der Waals surface area contributed by atoms with Crippen LogP contribution >= 0.6 is 0 Å². The molecule has 0 aliphatic carbocycles. The molecule has 1 amide bonds. The molecule has 0 saturated carbocycles. The lowest BCUT2D eigenvalue weighted by molar-refractivity contribution is -0.130. The number of amides is 1. The van der Waals surface area contributed by atoms with Gasteiger partial charge in [0, 0.05) is 13.5 Å². The fourth-order valence-electron chi connectivity index (χ4n) is 1.88. The number of benzene rings is 1. The highest BCUT2D eigenvalue weighted by Gasteiger charge is 2.13. The van der Waals surface area contributed by atoms with Crippen molar-refractivity contribution in [3.05, 3.63) is 23.8 Å². The summed E-state index contributed by atoms with van der Waals surface area (Å²) in [6.07, 6.45) is 3.23. The van der Waals surface area contributed by atoms with Gasteiger partial charge in [-0.2, -0.15) is 0 Å². The zero-order chi connectivity index (χ0) is 13.0. The highest BCUT2D eigenvalue weighted by molar-refractivity contribution is 5.75. The van der Waals surface area contributed by atoms with Crippen LogP contribution in [-0.2, 0) is 11.2 Å². The number of carbonyl (C=O) groups excluding carboxylic acids is 1. The molecule has 18 heavy (non-hydrogen) atoms. The van der Waals surface area contributed by atoms with Gasteiger partial charge < -0.3 is 9.47 Å². The maximum atomic E-state index is 11.3. The van der Waals surface area contributed by atoms with E-state index >= 15 is 0 Å². The van der Waals surface area contributed by atoms with Crippen molar-refractivity contribution in [2.24, 2.45) is 5.84 Å². The normalized spacial score (nSPS) is 12.6. The Morgan fingerprint density at radius 3 is 2.89 bits per heavy atom. The topological polar surface area (TPSA) is 64.8 Å². The summed E-state index contributed by atoms with van der Waals surface area (Å²) >= 11 is 0. The highest BCUT2D eigenvalue weighted by atomic mass is 16.7. The second-order valence-corrected chi connectivity index (χ2v) is 4.40. The minimum Gasteiger partial charge on any atom is -0.454 e. The van der Waals surface area contributed by atoms with Crippen molar-refractivity contribution in [3.63, 3.8) is 0 Å². The Morgan fingerprint density at radius 2 is 2.11 bits per heavy atom. The molecule has 5 nitrogen and oxygen atoms in total. The lowest BCUT2D eigenvalue weighted by atomic mass is 10.1. The summed E-state index contributed by atoms with van der Waals surface area (Å²) in [6.45, 7) is 0.302. The van der Waals surface area contributed by atoms with E-state index < -0.39 is 0 Å². The maximum Gasteiger partial charge on any atom is 0.236 e. The number of nitrogens with two attached hydrogens (primary N) is 1. The van der Waals surface area contributed by atoms with E-state index in [1.165, 1.54) is 5.56 Å². The van der Waals surface area contributed by atoms with Crippen LogP contribution < -0.4 is 15.3 Å². The van der Waals surface area contributed by atoms with Crippen LogP contribution in [-0.4, -0.2) is 24.8 Å². The summed E-state index contributed by atoms with van der Waals surface area (Å²) in [6, 6.07) is 5.96. The predicted octanol–water partition coefficient (Wildman–Crippen LogP) is 1.46. The molecule has 1 aromatic carbocycles. The summed E-state index contributed by atoms with van der Waals surface area (Å²) in [5.41, 5.74) is 1.20. The van der Waals surface area contributed by atoms with Crippen LogP contribution in [0.3, 0.4) is 0 Å². The van der Waals surface area contributed by atoms with E-state index in [0.29, 0.717) is 13.2 Å². The summed E-state index contributed by atoms with van der Waals surface area (Å²) in [4.78, 5) is 11.3. The minimum atomic E-state index is -0.0271. The van der Waals surface area contributed by atoms with Crippen molar-refractivity contribution < 1.29 is 14.3 Å². The molecule has 0 aromatic heterocycles. The number of nitrogens with zero attached hydrogens (tertiary/aromatic N) is 1. The third-order valence-corrected chi connectivity index (χ3v) is 2.94. The molecule has 5 heteroatoms. The van der Waals surface area contributed by atoms with Gasteiger partial charge in [0.25, 0.3) is 0 Å². The number of hydrogen-bond donors (Lipinski definition) is 1. The molecule has 0 atom stereocenters. The van der Waals surface area contributed by atoms with Gasteiger partial charge in [-0.25, -0.2) is 5.84 Å². The van der Waals surface area contributed by atoms with E-state index in [1.54, 1.807) is 7.05 Å². The van der Waals surface area contributed by atoms with E-state index in [9.17, 15) is 4.79 Å². The third kappa shape index (κ3) is 3.13. The van der Waals surface area contributed by atoms with Crippen LogP contribution in [0.25, 0.3) is 0 Å². The molecule has 0 bridgehead atoms. The lowest BCUT2D eigenvalue weighted by Crippen LogP contribution is -2.32. The predicted molar refractivity (Wildman–Crippen MR) is 67.1 cm³/mol. The molecule has 1 aliphatic rings. The first kappa shape index (κ1) is 12.7. The average Bonchev–Trinajstić information content (AvgIpc) is 2.81. The third-order valence-electron chi connectivity index (χ3n) is 2.94. The van der Waals surface area contributed by atoms with Crippen LogP contribution in [0.15, 0.2) is 18.2 Å². The number of hydrazine groups is 1. The average molecular weight is 250 g/mol. The van der Waals surface area contributed by atoms with Gasteiger partial charge in [-0.1, -0.05) is 6.07 Å². The van der Waals surface area contributed by atoms with Crippen molar-refractivity contribution in [1.82, 2.24) is 5.01 Å². The Bertz CT molecular complexity index is 432. The minimum absolute atomic E-state index is 0.0271. The van der Waals surface area contributed by atoms with E-state index in [1.807, 2.05) is 18.2 Å². The van der Waals surface area contributed by atoms with Gasteiger partial charge in [0.1, 0.15) is 0 Å². The fraction of sp³-hybridized carbons (Fsp3) is 0.462. The standard InChI is InChI=1S/C13H18N2O3/c1-15(14)13(16)5-3-2-4-10-6-7-11-12(8-10)18-9-17-11/h6-8H,2-5,9,14H2,1H3. The summed E-state index contributed by atoms with van der Waals surface area (Å²) in [5, 5.41) is 1.14. The second kappa shape index (κ2) is 5.73. The molecular formula is C13H18N2O3. The molecule has 0 spiro atoms. The quantitative estimate of drug-likeness (QED) is 0.372. The lowest BCUT2D eigenvalue weighted by Gasteiger charge is -2.09. The Labute approximate surface area is 106 Å². The maximum absolute atomic E-state index is 11.3.